The van der Waals surface area contributed by atoms with Crippen LogP contribution in [0, 0.1) is 0 Å². The van der Waals surface area contributed by atoms with Crippen molar-refractivity contribution in [1.29, 1.82) is 0 Å². The Kier molecular flexibility index (Phi) is 5.17. The van der Waals surface area contributed by atoms with Crippen molar-refractivity contribution in [3.63, 3.8) is 0 Å². The summed E-state index contributed by atoms with van der Waals surface area (Å²) < 4.78 is 61.0. The summed E-state index contributed by atoms with van der Waals surface area (Å²) in [6.45, 7) is 1.01. The normalized spacial score (nSPS) is 14.1. The van der Waals surface area contributed by atoms with E-state index in [1.165, 1.54) is 18.6 Å². The Morgan fingerprint density at radius 2 is 1.75 bits per heavy atom. The van der Waals surface area contributed by atoms with Crippen LogP contribution in [0.15, 0.2) is 0 Å². The summed E-state index contributed by atoms with van der Waals surface area (Å²) in [6, 6.07) is 0. The highest BCUT2D eigenvalue weighted by Crippen LogP contribution is 2.13. The van der Waals surface area contributed by atoms with Crippen LogP contribution in [0.1, 0.15) is 20.3 Å². The van der Waals surface area contributed by atoms with E-state index in [1.807, 2.05) is 4.72 Å². The van der Waals surface area contributed by atoms with Gasteiger partial charge in [-0.2, -0.15) is 31.0 Å². The molecule has 0 saturated heterocycles. The second kappa shape index (κ2) is 5.30. The summed E-state index contributed by atoms with van der Waals surface area (Å²) in [7, 11) is -4.23. The van der Waals surface area contributed by atoms with Gasteiger partial charge in [-0.15, -0.1) is 0 Å². The van der Waals surface area contributed by atoms with Gasteiger partial charge in [0.05, 0.1) is 0 Å². The highest BCUT2D eigenvalue weighted by Gasteiger charge is 2.31. The first-order valence-electron chi connectivity index (χ1n) is 4.44. The molecular weight excluding hydrogens is 249 g/mol. The standard InChI is InChI=1S/C7H15F3N2O3S/c1-6(2,3-4-13)12-16(14,15)11-5-7(8,9)10/h11-13H,3-5H2,1-2H3. The molecule has 0 rings (SSSR count). The van der Waals surface area contributed by atoms with E-state index in [1.54, 1.807) is 0 Å². The topological polar surface area (TPSA) is 78.4 Å². The first-order valence-corrected chi connectivity index (χ1v) is 5.92. The lowest BCUT2D eigenvalue weighted by Crippen LogP contribution is -2.50. The molecule has 16 heavy (non-hydrogen) atoms. The second-order valence-electron chi connectivity index (χ2n) is 3.90. The monoisotopic (exact) mass is 264 g/mol. The second-order valence-corrected chi connectivity index (χ2v) is 5.40. The Labute approximate surface area is 92.2 Å². The Morgan fingerprint density at radius 3 is 2.12 bits per heavy atom. The molecule has 0 fully saturated rings. The fourth-order valence-electron chi connectivity index (χ4n) is 0.907. The summed E-state index contributed by atoms with van der Waals surface area (Å²) in [5.41, 5.74) is -1.01. The molecule has 0 unspecified atom stereocenters. The van der Waals surface area contributed by atoms with Crippen LogP contribution < -0.4 is 9.44 Å². The van der Waals surface area contributed by atoms with Gasteiger partial charge in [0.2, 0.25) is 0 Å². The third-order valence-electron chi connectivity index (χ3n) is 1.61. The Balaban J connectivity index is 4.36. The third-order valence-corrected chi connectivity index (χ3v) is 2.96. The molecule has 0 spiro atoms. The molecule has 0 aromatic rings. The lowest BCUT2D eigenvalue weighted by molar-refractivity contribution is -0.121. The van der Waals surface area contributed by atoms with Crippen molar-refractivity contribution in [1.82, 2.24) is 9.44 Å². The van der Waals surface area contributed by atoms with Gasteiger partial charge in [0.15, 0.2) is 0 Å². The van der Waals surface area contributed by atoms with Gasteiger partial charge in [0.25, 0.3) is 10.2 Å². The number of aliphatic hydroxyl groups excluding tert-OH is 1. The zero-order valence-corrected chi connectivity index (χ0v) is 9.74. The average Bonchev–Trinajstić information content (AvgIpc) is 1.97. The fraction of sp³-hybridized carbons (Fsp3) is 1.00. The summed E-state index contributed by atoms with van der Waals surface area (Å²) in [6.07, 6.45) is -4.50. The minimum atomic E-state index is -4.60. The molecule has 0 heterocycles. The van der Waals surface area contributed by atoms with Gasteiger partial charge in [-0.05, 0) is 20.3 Å². The zero-order valence-electron chi connectivity index (χ0n) is 8.93. The first-order chi connectivity index (χ1) is 6.97. The molecule has 0 aliphatic carbocycles. The van der Waals surface area contributed by atoms with E-state index < -0.39 is 28.5 Å². The molecular formula is C7H15F3N2O3S. The van der Waals surface area contributed by atoms with Gasteiger partial charge < -0.3 is 5.11 Å². The molecule has 0 aliphatic rings. The summed E-state index contributed by atoms with van der Waals surface area (Å²) in [4.78, 5) is 0. The average molecular weight is 264 g/mol. The largest absolute Gasteiger partial charge is 0.402 e. The Bertz CT molecular complexity index is 313. The van der Waals surface area contributed by atoms with Gasteiger partial charge in [-0.25, -0.2) is 0 Å². The smallest absolute Gasteiger partial charge is 0.396 e. The van der Waals surface area contributed by atoms with E-state index in [9.17, 15) is 21.6 Å². The van der Waals surface area contributed by atoms with Crippen molar-refractivity contribution >= 4 is 10.2 Å². The predicted octanol–water partition coefficient (Wildman–Crippen LogP) is 0.134. The van der Waals surface area contributed by atoms with Crippen molar-refractivity contribution in [2.24, 2.45) is 0 Å². The number of alkyl halides is 3. The number of hydrogen-bond donors (Lipinski definition) is 3. The number of halogens is 3. The van der Waals surface area contributed by atoms with Gasteiger partial charge >= 0.3 is 6.18 Å². The molecule has 0 aromatic heterocycles. The van der Waals surface area contributed by atoms with E-state index in [0.717, 1.165) is 0 Å². The summed E-state index contributed by atoms with van der Waals surface area (Å²) in [5, 5.41) is 8.62. The maximum absolute atomic E-state index is 11.8. The molecule has 0 bridgehead atoms. The Hall–Kier alpha value is -0.380. The quantitative estimate of drug-likeness (QED) is 0.638. The van der Waals surface area contributed by atoms with Crippen molar-refractivity contribution in [2.75, 3.05) is 13.2 Å². The van der Waals surface area contributed by atoms with Crippen LogP contribution >= 0.6 is 0 Å². The number of hydrogen-bond acceptors (Lipinski definition) is 3. The van der Waals surface area contributed by atoms with Crippen molar-refractivity contribution in [2.45, 2.75) is 32.0 Å². The Morgan fingerprint density at radius 1 is 1.25 bits per heavy atom. The molecule has 0 atom stereocenters. The first kappa shape index (κ1) is 15.6. The maximum Gasteiger partial charge on any atom is 0.402 e. The van der Waals surface area contributed by atoms with Gasteiger partial charge in [-0.1, -0.05) is 0 Å². The minimum absolute atomic E-state index is 0.0972. The highest BCUT2D eigenvalue weighted by atomic mass is 32.2. The van der Waals surface area contributed by atoms with Crippen LogP contribution in [0.2, 0.25) is 0 Å². The molecule has 0 amide bonds. The van der Waals surface area contributed by atoms with Crippen LogP contribution in [-0.2, 0) is 10.2 Å². The molecule has 5 nitrogen and oxygen atoms in total. The minimum Gasteiger partial charge on any atom is -0.396 e. The molecule has 98 valence electrons. The maximum atomic E-state index is 11.8. The van der Waals surface area contributed by atoms with E-state index in [0.29, 0.717) is 0 Å². The van der Waals surface area contributed by atoms with Gasteiger partial charge in [0.1, 0.15) is 6.54 Å². The van der Waals surface area contributed by atoms with Crippen molar-refractivity contribution in [3.8, 4) is 0 Å². The van der Waals surface area contributed by atoms with E-state index in [-0.39, 0.29) is 13.0 Å². The van der Waals surface area contributed by atoms with Gasteiger partial charge in [-0.3, -0.25) is 0 Å². The lowest BCUT2D eigenvalue weighted by atomic mass is 10.0. The van der Waals surface area contributed by atoms with Crippen LogP contribution in [0.4, 0.5) is 13.2 Å². The predicted molar refractivity (Wildman–Crippen MR) is 51.9 cm³/mol. The third kappa shape index (κ3) is 7.85. The van der Waals surface area contributed by atoms with E-state index in [4.69, 9.17) is 5.11 Å². The number of nitrogens with one attached hydrogen (secondary N) is 2. The van der Waals surface area contributed by atoms with Crippen LogP contribution in [0.5, 0.6) is 0 Å². The fourth-order valence-corrected chi connectivity index (χ4v) is 2.16. The van der Waals surface area contributed by atoms with Crippen molar-refractivity contribution in [3.05, 3.63) is 0 Å². The van der Waals surface area contributed by atoms with Crippen LogP contribution in [0.25, 0.3) is 0 Å². The molecule has 9 heteroatoms. The summed E-state index contributed by atoms with van der Waals surface area (Å²) >= 11 is 0. The zero-order chi connectivity index (χ0) is 13.0. The molecule has 0 saturated carbocycles. The molecule has 0 aliphatic heterocycles. The van der Waals surface area contributed by atoms with Gasteiger partial charge in [0, 0.05) is 12.1 Å². The van der Waals surface area contributed by atoms with Crippen molar-refractivity contribution < 1.29 is 26.7 Å². The van der Waals surface area contributed by atoms with E-state index >= 15 is 0 Å². The number of rotatable bonds is 6. The summed E-state index contributed by atoms with van der Waals surface area (Å²) in [5.74, 6) is 0. The number of aliphatic hydroxyl groups is 1. The highest BCUT2D eigenvalue weighted by molar-refractivity contribution is 7.87. The van der Waals surface area contributed by atoms with E-state index in [2.05, 4.69) is 0 Å². The molecule has 0 aromatic carbocycles. The SMILES string of the molecule is CC(C)(CCO)NS(=O)(=O)NCC(F)(F)F. The van der Waals surface area contributed by atoms with Crippen LogP contribution in [-0.4, -0.2) is 38.4 Å². The van der Waals surface area contributed by atoms with Crippen LogP contribution in [0.3, 0.4) is 0 Å². The molecule has 0 radical (unpaired) electrons. The lowest BCUT2D eigenvalue weighted by Gasteiger charge is -2.25. The molecule has 3 N–H and O–H groups in total.